The summed E-state index contributed by atoms with van der Waals surface area (Å²) in [5, 5.41) is 3.58. The number of hydrogen-bond acceptors (Lipinski definition) is 3. The predicted molar refractivity (Wildman–Crippen MR) is 106 cm³/mol. The summed E-state index contributed by atoms with van der Waals surface area (Å²) in [7, 11) is 6.08. The molecular weight excluding hydrogens is 364 g/mol. The second-order valence-corrected chi connectivity index (χ2v) is 7.33. The molecule has 1 aromatic heterocycles. The number of halogens is 1. The summed E-state index contributed by atoms with van der Waals surface area (Å²) >= 11 is 3.62. The van der Waals surface area contributed by atoms with E-state index in [0.29, 0.717) is 0 Å². The van der Waals surface area contributed by atoms with Crippen molar-refractivity contribution in [1.29, 1.82) is 0 Å². The van der Waals surface area contributed by atoms with Gasteiger partial charge in [0.1, 0.15) is 5.52 Å². The van der Waals surface area contributed by atoms with Crippen LogP contribution in [0.15, 0.2) is 34.8 Å². The van der Waals surface area contributed by atoms with Gasteiger partial charge in [0, 0.05) is 32.2 Å². The third kappa shape index (κ3) is 3.00. The molecule has 5 heteroatoms. The van der Waals surface area contributed by atoms with Crippen LogP contribution in [0, 0.1) is 13.8 Å². The Labute approximate surface area is 151 Å². The molecule has 3 rings (SSSR count). The molecule has 0 amide bonds. The first-order valence-electron chi connectivity index (χ1n) is 8.00. The van der Waals surface area contributed by atoms with Crippen LogP contribution in [0.4, 0.5) is 11.6 Å². The molecule has 0 aliphatic rings. The fourth-order valence-corrected chi connectivity index (χ4v) is 3.53. The molecule has 3 aromatic rings. The topological polar surface area (TPSA) is 33.1 Å². The highest BCUT2D eigenvalue weighted by atomic mass is 79.9. The van der Waals surface area contributed by atoms with Crippen LogP contribution in [0.3, 0.4) is 0 Å². The zero-order valence-electron chi connectivity index (χ0n) is 14.8. The molecule has 0 unspecified atom stereocenters. The first-order valence-corrected chi connectivity index (χ1v) is 8.80. The van der Waals surface area contributed by atoms with Crippen LogP contribution in [-0.2, 0) is 13.6 Å². The SMILES string of the molecule is Cc1cccc(C)c1CNc1cc(Br)cc2c1nc(N(C)C)n2C. The zero-order valence-corrected chi connectivity index (χ0v) is 16.4. The maximum absolute atomic E-state index is 4.82. The molecule has 0 saturated heterocycles. The molecule has 24 heavy (non-hydrogen) atoms. The molecule has 2 aromatic carbocycles. The van der Waals surface area contributed by atoms with Gasteiger partial charge >= 0.3 is 0 Å². The Morgan fingerprint density at radius 3 is 2.46 bits per heavy atom. The minimum Gasteiger partial charge on any atom is -0.379 e. The molecule has 0 bridgehead atoms. The van der Waals surface area contributed by atoms with Crippen LogP contribution in [0.1, 0.15) is 16.7 Å². The Morgan fingerprint density at radius 1 is 1.17 bits per heavy atom. The van der Waals surface area contributed by atoms with Crippen molar-refractivity contribution >= 4 is 38.6 Å². The van der Waals surface area contributed by atoms with Gasteiger partial charge in [0.15, 0.2) is 0 Å². The van der Waals surface area contributed by atoms with Crippen molar-refractivity contribution in [3.8, 4) is 0 Å². The first-order chi connectivity index (χ1) is 11.4. The molecule has 0 saturated carbocycles. The van der Waals surface area contributed by atoms with Gasteiger partial charge in [-0.05, 0) is 42.7 Å². The van der Waals surface area contributed by atoms with Gasteiger partial charge < -0.3 is 14.8 Å². The van der Waals surface area contributed by atoms with Gasteiger partial charge in [0.2, 0.25) is 5.95 Å². The summed E-state index contributed by atoms with van der Waals surface area (Å²) in [5.41, 5.74) is 7.11. The molecular formula is C19H23BrN4. The van der Waals surface area contributed by atoms with Crippen molar-refractivity contribution < 1.29 is 0 Å². The number of aromatic nitrogens is 2. The number of nitrogens with one attached hydrogen (secondary N) is 1. The predicted octanol–water partition coefficient (Wildman–Crippen LogP) is 4.63. The number of hydrogen-bond donors (Lipinski definition) is 1. The van der Waals surface area contributed by atoms with E-state index in [9.17, 15) is 0 Å². The number of benzene rings is 2. The quantitative estimate of drug-likeness (QED) is 0.709. The summed E-state index contributed by atoms with van der Waals surface area (Å²) in [5.74, 6) is 0.943. The van der Waals surface area contributed by atoms with Crippen molar-refractivity contribution in [2.24, 2.45) is 7.05 Å². The van der Waals surface area contributed by atoms with E-state index in [0.717, 1.165) is 33.7 Å². The van der Waals surface area contributed by atoms with E-state index in [1.165, 1.54) is 16.7 Å². The highest BCUT2D eigenvalue weighted by molar-refractivity contribution is 9.10. The normalized spacial score (nSPS) is 11.1. The van der Waals surface area contributed by atoms with Crippen LogP contribution in [-0.4, -0.2) is 23.6 Å². The third-order valence-corrected chi connectivity index (χ3v) is 4.89. The summed E-state index contributed by atoms with van der Waals surface area (Å²) in [6, 6.07) is 10.6. The molecule has 0 radical (unpaired) electrons. The average Bonchev–Trinajstić information content (AvgIpc) is 2.84. The van der Waals surface area contributed by atoms with E-state index in [1.54, 1.807) is 0 Å². The second kappa shape index (κ2) is 6.48. The summed E-state index contributed by atoms with van der Waals surface area (Å²) in [6.07, 6.45) is 0. The highest BCUT2D eigenvalue weighted by Gasteiger charge is 2.14. The molecule has 1 N–H and O–H groups in total. The van der Waals surface area contributed by atoms with E-state index in [1.807, 2.05) is 26.0 Å². The molecule has 0 atom stereocenters. The van der Waals surface area contributed by atoms with Crippen molar-refractivity contribution in [2.45, 2.75) is 20.4 Å². The van der Waals surface area contributed by atoms with Crippen LogP contribution in [0.25, 0.3) is 11.0 Å². The molecule has 4 nitrogen and oxygen atoms in total. The van der Waals surface area contributed by atoms with Gasteiger partial charge in [-0.15, -0.1) is 0 Å². The second-order valence-electron chi connectivity index (χ2n) is 6.41. The minimum atomic E-state index is 0.790. The van der Waals surface area contributed by atoms with Gasteiger partial charge in [-0.25, -0.2) is 4.98 Å². The molecule has 1 heterocycles. The average molecular weight is 387 g/mol. The maximum atomic E-state index is 4.82. The number of imidazole rings is 1. The Bertz CT molecular complexity index is 876. The van der Waals surface area contributed by atoms with Crippen LogP contribution < -0.4 is 10.2 Å². The van der Waals surface area contributed by atoms with E-state index in [4.69, 9.17) is 4.98 Å². The van der Waals surface area contributed by atoms with Gasteiger partial charge in [0.05, 0.1) is 11.2 Å². The number of aryl methyl sites for hydroxylation is 3. The lowest BCUT2D eigenvalue weighted by atomic mass is 10.0. The van der Waals surface area contributed by atoms with Crippen molar-refractivity contribution in [2.75, 3.05) is 24.3 Å². The summed E-state index contributed by atoms with van der Waals surface area (Å²) in [6.45, 7) is 5.11. The fraction of sp³-hybridized carbons (Fsp3) is 0.316. The minimum absolute atomic E-state index is 0.790. The fourth-order valence-electron chi connectivity index (χ4n) is 3.09. The van der Waals surface area contributed by atoms with Crippen molar-refractivity contribution in [3.63, 3.8) is 0 Å². The van der Waals surface area contributed by atoms with Crippen molar-refractivity contribution in [3.05, 3.63) is 51.5 Å². The molecule has 0 fully saturated rings. The van der Waals surface area contributed by atoms with Crippen molar-refractivity contribution in [1.82, 2.24) is 9.55 Å². The highest BCUT2D eigenvalue weighted by Crippen LogP contribution is 2.31. The standard InChI is InChI=1S/C19H23BrN4/c1-12-7-6-8-13(2)15(12)11-21-16-9-14(20)10-17-18(16)22-19(23(3)4)24(17)5/h6-10,21H,11H2,1-5H3. The molecule has 0 aliphatic carbocycles. The lowest BCUT2D eigenvalue weighted by Crippen LogP contribution is -2.13. The largest absolute Gasteiger partial charge is 0.379 e. The molecule has 0 aliphatic heterocycles. The Kier molecular flexibility index (Phi) is 4.54. The summed E-state index contributed by atoms with van der Waals surface area (Å²) < 4.78 is 3.16. The smallest absolute Gasteiger partial charge is 0.205 e. The monoisotopic (exact) mass is 386 g/mol. The Balaban J connectivity index is 2.02. The van der Waals surface area contributed by atoms with E-state index < -0.39 is 0 Å². The van der Waals surface area contributed by atoms with E-state index >= 15 is 0 Å². The van der Waals surface area contributed by atoms with Crippen LogP contribution in [0.2, 0.25) is 0 Å². The van der Waals surface area contributed by atoms with Crippen LogP contribution >= 0.6 is 15.9 Å². The molecule has 126 valence electrons. The number of fused-ring (bicyclic) bond motifs is 1. The number of nitrogens with zero attached hydrogens (tertiary/aromatic N) is 3. The van der Waals surface area contributed by atoms with Gasteiger partial charge in [0.25, 0.3) is 0 Å². The Morgan fingerprint density at radius 2 is 1.83 bits per heavy atom. The van der Waals surface area contributed by atoms with Gasteiger partial charge in [-0.2, -0.15) is 0 Å². The molecule has 0 spiro atoms. The van der Waals surface area contributed by atoms with Crippen LogP contribution in [0.5, 0.6) is 0 Å². The Hall–Kier alpha value is -2.01. The third-order valence-electron chi connectivity index (χ3n) is 4.43. The summed E-state index contributed by atoms with van der Waals surface area (Å²) in [4.78, 5) is 6.85. The first kappa shape index (κ1) is 16.8. The van der Waals surface area contributed by atoms with Gasteiger partial charge in [-0.1, -0.05) is 34.1 Å². The maximum Gasteiger partial charge on any atom is 0.205 e. The number of anilines is 2. The number of rotatable bonds is 4. The lowest BCUT2D eigenvalue weighted by molar-refractivity contribution is 0.890. The van der Waals surface area contributed by atoms with E-state index in [-0.39, 0.29) is 0 Å². The van der Waals surface area contributed by atoms with E-state index in [2.05, 4.69) is 70.0 Å². The van der Waals surface area contributed by atoms with Gasteiger partial charge in [-0.3, -0.25) is 0 Å². The zero-order chi connectivity index (χ0) is 17.4. The lowest BCUT2D eigenvalue weighted by Gasteiger charge is -2.13.